The lowest BCUT2D eigenvalue weighted by atomic mass is 10.1. The Bertz CT molecular complexity index is 522. The van der Waals surface area contributed by atoms with Gasteiger partial charge in [-0.1, -0.05) is 12.1 Å². The molecule has 0 heterocycles. The molecule has 2 atom stereocenters. The smallest absolute Gasteiger partial charge is 0.380 e. The monoisotopic (exact) mass is 326 g/mol. The van der Waals surface area contributed by atoms with Gasteiger partial charge in [-0.15, -0.1) is 0 Å². The van der Waals surface area contributed by atoms with E-state index in [1.54, 1.807) is 12.2 Å². The fourth-order valence-corrected chi connectivity index (χ4v) is 1.58. The number of benzene rings is 1. The molecule has 0 saturated carbocycles. The number of ether oxygens (including phenoxy) is 1. The van der Waals surface area contributed by atoms with Gasteiger partial charge in [0.2, 0.25) is 0 Å². The molecule has 2 amide bonds. The first-order valence-electron chi connectivity index (χ1n) is 6.24. The summed E-state index contributed by atoms with van der Waals surface area (Å²) in [5.74, 6) is -3.09. The van der Waals surface area contributed by atoms with Crippen molar-refractivity contribution in [2.24, 2.45) is 0 Å². The highest BCUT2D eigenvalue weighted by molar-refractivity contribution is 5.74. The number of hydrogen-bond acceptors (Lipinski definition) is 2. The average molecular weight is 326 g/mol. The molecule has 9 heteroatoms. The number of halogens is 5. The molecule has 0 aliphatic heterocycles. The summed E-state index contributed by atoms with van der Waals surface area (Å²) in [5, 5.41) is 3.73. The van der Waals surface area contributed by atoms with Crippen LogP contribution in [0.3, 0.4) is 0 Å². The van der Waals surface area contributed by atoms with Crippen molar-refractivity contribution in [1.29, 1.82) is 0 Å². The molecule has 22 heavy (non-hydrogen) atoms. The van der Waals surface area contributed by atoms with Gasteiger partial charge in [0, 0.05) is 19.2 Å². The van der Waals surface area contributed by atoms with Crippen LogP contribution in [0, 0.1) is 11.6 Å². The van der Waals surface area contributed by atoms with Crippen molar-refractivity contribution in [2.75, 3.05) is 13.7 Å². The van der Waals surface area contributed by atoms with E-state index in [1.165, 1.54) is 7.11 Å². The lowest BCUT2D eigenvalue weighted by molar-refractivity contribution is -0.155. The summed E-state index contributed by atoms with van der Waals surface area (Å²) >= 11 is 0. The summed E-state index contributed by atoms with van der Waals surface area (Å²) in [6.07, 6.45) is -5.40. The molecule has 0 saturated heterocycles. The van der Waals surface area contributed by atoms with Crippen LogP contribution in [0.1, 0.15) is 18.5 Å². The van der Waals surface area contributed by atoms with E-state index in [0.29, 0.717) is 6.07 Å². The van der Waals surface area contributed by atoms with Crippen LogP contribution in [0.2, 0.25) is 0 Å². The Morgan fingerprint density at radius 1 is 1.32 bits per heavy atom. The van der Waals surface area contributed by atoms with Crippen LogP contribution in [0.4, 0.5) is 26.7 Å². The van der Waals surface area contributed by atoms with Crippen molar-refractivity contribution in [1.82, 2.24) is 10.6 Å². The molecule has 0 radical (unpaired) electrons. The summed E-state index contributed by atoms with van der Waals surface area (Å²) < 4.78 is 70.4. The van der Waals surface area contributed by atoms with Gasteiger partial charge in [-0.25, -0.2) is 13.6 Å². The molecule has 0 spiro atoms. The van der Waals surface area contributed by atoms with Crippen molar-refractivity contribution < 1.29 is 31.5 Å². The number of methoxy groups -OCH3 is 1. The number of hydrogen-bond donors (Lipinski definition) is 2. The van der Waals surface area contributed by atoms with Crippen LogP contribution in [-0.4, -0.2) is 32.0 Å². The SMILES string of the molecule is CO[C@@H](C)CNC(=O)N[C@@H](c1cccc(F)c1F)C(F)(F)F. The second-order valence-electron chi connectivity index (χ2n) is 4.52. The first-order chi connectivity index (χ1) is 10.2. The molecule has 1 aromatic carbocycles. The molecule has 0 aliphatic carbocycles. The molecule has 124 valence electrons. The summed E-state index contributed by atoms with van der Waals surface area (Å²) in [7, 11) is 1.37. The number of alkyl halides is 3. The first-order valence-corrected chi connectivity index (χ1v) is 6.24. The Morgan fingerprint density at radius 3 is 2.50 bits per heavy atom. The Balaban J connectivity index is 2.91. The van der Waals surface area contributed by atoms with Gasteiger partial charge in [-0.3, -0.25) is 0 Å². The molecular formula is C13H15F5N2O2. The van der Waals surface area contributed by atoms with Crippen LogP contribution in [-0.2, 0) is 4.74 Å². The maximum atomic E-state index is 13.5. The molecule has 4 nitrogen and oxygen atoms in total. The topological polar surface area (TPSA) is 50.4 Å². The van der Waals surface area contributed by atoms with E-state index in [4.69, 9.17) is 4.74 Å². The Kier molecular flexibility index (Phi) is 6.10. The highest BCUT2D eigenvalue weighted by Gasteiger charge is 2.43. The maximum Gasteiger partial charge on any atom is 0.413 e. The van der Waals surface area contributed by atoms with Crippen LogP contribution in [0.15, 0.2) is 18.2 Å². The zero-order valence-electron chi connectivity index (χ0n) is 11.8. The van der Waals surface area contributed by atoms with Gasteiger partial charge < -0.3 is 15.4 Å². The van der Waals surface area contributed by atoms with Gasteiger partial charge in [0.1, 0.15) is 0 Å². The second kappa shape index (κ2) is 7.39. The third kappa shape index (κ3) is 4.83. The lowest BCUT2D eigenvalue weighted by Crippen LogP contribution is -2.45. The van der Waals surface area contributed by atoms with Crippen LogP contribution >= 0.6 is 0 Å². The first kappa shape index (κ1) is 18.1. The summed E-state index contributed by atoms with van der Waals surface area (Å²) in [6, 6.07) is -1.46. The van der Waals surface area contributed by atoms with Crippen molar-refractivity contribution in [2.45, 2.75) is 25.2 Å². The number of carbonyl (C=O) groups is 1. The molecule has 1 aromatic rings. The number of nitrogens with one attached hydrogen (secondary N) is 2. The highest BCUT2D eigenvalue weighted by Crippen LogP contribution is 2.34. The standard InChI is InChI=1S/C13H15F5N2O2/c1-7(22-2)6-19-12(21)20-11(13(16,17)18)8-4-3-5-9(14)10(8)15/h3-5,7,11H,6H2,1-2H3,(H2,19,20,21)/t7-,11-/m0/s1. The highest BCUT2D eigenvalue weighted by atomic mass is 19.4. The van der Waals surface area contributed by atoms with E-state index < -0.39 is 41.6 Å². The fourth-order valence-electron chi connectivity index (χ4n) is 1.58. The van der Waals surface area contributed by atoms with Gasteiger partial charge >= 0.3 is 12.2 Å². The minimum Gasteiger partial charge on any atom is -0.380 e. The third-order valence-corrected chi connectivity index (χ3v) is 2.85. The summed E-state index contributed by atoms with van der Waals surface area (Å²) in [4.78, 5) is 11.5. The predicted octanol–water partition coefficient (Wildman–Crippen LogP) is 2.90. The van der Waals surface area contributed by atoms with Crippen molar-refractivity contribution in [3.63, 3.8) is 0 Å². The molecule has 0 fully saturated rings. The molecule has 0 aliphatic rings. The van der Waals surface area contributed by atoms with E-state index in [1.807, 2.05) is 0 Å². The minimum atomic E-state index is -4.99. The van der Waals surface area contributed by atoms with Crippen LogP contribution < -0.4 is 10.6 Å². The summed E-state index contributed by atoms with van der Waals surface area (Å²) in [6.45, 7) is 1.55. The maximum absolute atomic E-state index is 13.5. The molecular weight excluding hydrogens is 311 g/mol. The molecule has 0 aromatic heterocycles. The van der Waals surface area contributed by atoms with E-state index in [2.05, 4.69) is 5.32 Å². The molecule has 2 N–H and O–H groups in total. The van der Waals surface area contributed by atoms with Crippen LogP contribution in [0.5, 0.6) is 0 Å². The summed E-state index contributed by atoms with van der Waals surface area (Å²) in [5.41, 5.74) is -0.998. The molecule has 1 rings (SSSR count). The van der Waals surface area contributed by atoms with Gasteiger partial charge in [0.05, 0.1) is 6.10 Å². The largest absolute Gasteiger partial charge is 0.413 e. The third-order valence-electron chi connectivity index (χ3n) is 2.85. The Hall–Kier alpha value is -1.90. The van der Waals surface area contributed by atoms with Gasteiger partial charge in [-0.05, 0) is 13.0 Å². The van der Waals surface area contributed by atoms with E-state index in [9.17, 15) is 26.7 Å². The number of rotatable bonds is 5. The molecule has 0 bridgehead atoms. The van der Waals surface area contributed by atoms with Gasteiger partial charge in [0.25, 0.3) is 0 Å². The van der Waals surface area contributed by atoms with E-state index in [0.717, 1.165) is 12.1 Å². The average Bonchev–Trinajstić information content (AvgIpc) is 2.44. The Labute approximate surface area is 123 Å². The quantitative estimate of drug-likeness (QED) is 0.818. The minimum absolute atomic E-state index is 0.0431. The Morgan fingerprint density at radius 2 is 1.95 bits per heavy atom. The zero-order valence-corrected chi connectivity index (χ0v) is 11.8. The van der Waals surface area contributed by atoms with Crippen molar-refractivity contribution in [3.8, 4) is 0 Å². The van der Waals surface area contributed by atoms with Crippen molar-refractivity contribution >= 4 is 6.03 Å². The van der Waals surface area contributed by atoms with E-state index >= 15 is 0 Å². The molecule has 0 unspecified atom stereocenters. The lowest BCUT2D eigenvalue weighted by Gasteiger charge is -2.23. The number of carbonyl (C=O) groups excluding carboxylic acids is 1. The number of urea groups is 1. The van der Waals surface area contributed by atoms with E-state index in [-0.39, 0.29) is 6.54 Å². The van der Waals surface area contributed by atoms with Gasteiger partial charge in [0.15, 0.2) is 17.7 Å². The fraction of sp³-hybridized carbons (Fsp3) is 0.462. The van der Waals surface area contributed by atoms with Crippen molar-refractivity contribution in [3.05, 3.63) is 35.4 Å². The predicted molar refractivity (Wildman–Crippen MR) is 68.2 cm³/mol. The number of amides is 2. The van der Waals surface area contributed by atoms with Gasteiger partial charge in [-0.2, -0.15) is 13.2 Å². The normalized spacial score (nSPS) is 14.3. The zero-order chi connectivity index (χ0) is 16.9. The second-order valence-corrected chi connectivity index (χ2v) is 4.52. The van der Waals surface area contributed by atoms with Crippen LogP contribution in [0.25, 0.3) is 0 Å².